The fraction of sp³-hybridized carbons (Fsp3) is 0.357. The molecule has 0 saturated carbocycles. The van der Waals surface area contributed by atoms with Crippen molar-refractivity contribution in [1.29, 1.82) is 0 Å². The standard InChI is InChI=1S/C14H17ClFNO2/c1-10(18)7-8-17(2)14(19)6-4-11-3-5-13(16)12(15)9-11/h3-6,9-10,18H,7-8H2,1-2H3/b6-4+. The molecule has 1 atom stereocenters. The van der Waals surface area contributed by atoms with Gasteiger partial charge in [0.05, 0.1) is 11.1 Å². The monoisotopic (exact) mass is 285 g/mol. The van der Waals surface area contributed by atoms with E-state index in [1.165, 1.54) is 23.1 Å². The van der Waals surface area contributed by atoms with Gasteiger partial charge in [-0.1, -0.05) is 17.7 Å². The van der Waals surface area contributed by atoms with Gasteiger partial charge in [-0.05, 0) is 37.1 Å². The van der Waals surface area contributed by atoms with Crippen LogP contribution in [-0.2, 0) is 4.79 Å². The van der Waals surface area contributed by atoms with Gasteiger partial charge in [0.15, 0.2) is 0 Å². The van der Waals surface area contributed by atoms with Crippen molar-refractivity contribution in [2.75, 3.05) is 13.6 Å². The van der Waals surface area contributed by atoms with Crippen molar-refractivity contribution in [3.8, 4) is 0 Å². The minimum atomic E-state index is -0.487. The lowest BCUT2D eigenvalue weighted by molar-refractivity contribution is -0.124. The summed E-state index contributed by atoms with van der Waals surface area (Å²) in [5.74, 6) is -0.666. The summed E-state index contributed by atoms with van der Waals surface area (Å²) in [6.45, 7) is 2.15. The van der Waals surface area contributed by atoms with E-state index < -0.39 is 11.9 Å². The molecule has 1 aromatic rings. The Balaban J connectivity index is 2.60. The van der Waals surface area contributed by atoms with Crippen molar-refractivity contribution < 1.29 is 14.3 Å². The molecule has 0 radical (unpaired) electrons. The van der Waals surface area contributed by atoms with Gasteiger partial charge in [-0.3, -0.25) is 4.79 Å². The summed E-state index contributed by atoms with van der Waals surface area (Å²) < 4.78 is 12.9. The number of aliphatic hydroxyl groups is 1. The Morgan fingerprint density at radius 2 is 2.26 bits per heavy atom. The van der Waals surface area contributed by atoms with E-state index in [4.69, 9.17) is 16.7 Å². The SMILES string of the molecule is CC(O)CCN(C)C(=O)/C=C/c1ccc(F)c(Cl)c1. The number of amides is 1. The molecular formula is C14H17ClFNO2. The van der Waals surface area contributed by atoms with Crippen LogP contribution >= 0.6 is 11.6 Å². The Morgan fingerprint density at radius 3 is 2.84 bits per heavy atom. The van der Waals surface area contributed by atoms with Crippen molar-refractivity contribution in [3.63, 3.8) is 0 Å². The molecule has 0 fully saturated rings. The summed E-state index contributed by atoms with van der Waals surface area (Å²) in [5.41, 5.74) is 0.656. The molecule has 0 spiro atoms. The average Bonchev–Trinajstić information content (AvgIpc) is 2.36. The Bertz CT molecular complexity index is 475. The van der Waals surface area contributed by atoms with E-state index in [1.807, 2.05) is 0 Å². The maximum atomic E-state index is 12.9. The predicted octanol–water partition coefficient (Wildman–Crippen LogP) is 2.72. The molecule has 0 aliphatic carbocycles. The van der Waals surface area contributed by atoms with Gasteiger partial charge in [-0.25, -0.2) is 4.39 Å². The Hall–Kier alpha value is -1.39. The summed E-state index contributed by atoms with van der Waals surface area (Å²) in [7, 11) is 1.66. The molecule has 0 aliphatic rings. The van der Waals surface area contributed by atoms with Gasteiger partial charge in [-0.15, -0.1) is 0 Å². The van der Waals surface area contributed by atoms with Gasteiger partial charge in [-0.2, -0.15) is 0 Å². The number of benzene rings is 1. The molecule has 0 aliphatic heterocycles. The van der Waals surface area contributed by atoms with Crippen LogP contribution in [0.2, 0.25) is 5.02 Å². The van der Waals surface area contributed by atoms with Crippen molar-refractivity contribution in [1.82, 2.24) is 4.90 Å². The van der Waals surface area contributed by atoms with Crippen LogP contribution in [0, 0.1) is 5.82 Å². The molecule has 104 valence electrons. The largest absolute Gasteiger partial charge is 0.393 e. The highest BCUT2D eigenvalue weighted by Gasteiger charge is 2.06. The van der Waals surface area contributed by atoms with Crippen molar-refractivity contribution in [2.45, 2.75) is 19.4 Å². The zero-order chi connectivity index (χ0) is 14.4. The normalized spacial score (nSPS) is 12.7. The average molecular weight is 286 g/mol. The fourth-order valence-corrected chi connectivity index (χ4v) is 1.59. The first-order valence-corrected chi connectivity index (χ1v) is 6.34. The first-order chi connectivity index (χ1) is 8.90. The zero-order valence-corrected chi connectivity index (χ0v) is 11.7. The number of nitrogens with zero attached hydrogens (tertiary/aromatic N) is 1. The van der Waals surface area contributed by atoms with Gasteiger partial charge in [0, 0.05) is 19.7 Å². The molecule has 1 unspecified atom stereocenters. The van der Waals surface area contributed by atoms with Gasteiger partial charge < -0.3 is 10.0 Å². The topological polar surface area (TPSA) is 40.5 Å². The lowest BCUT2D eigenvalue weighted by atomic mass is 10.2. The van der Waals surface area contributed by atoms with Crippen molar-refractivity contribution in [3.05, 3.63) is 40.7 Å². The number of halogens is 2. The molecule has 0 bridgehead atoms. The van der Waals surface area contributed by atoms with E-state index in [2.05, 4.69) is 0 Å². The summed E-state index contributed by atoms with van der Waals surface area (Å²) in [6.07, 6.45) is 3.06. The highest BCUT2D eigenvalue weighted by molar-refractivity contribution is 6.30. The first kappa shape index (κ1) is 15.7. The minimum Gasteiger partial charge on any atom is -0.393 e. The van der Waals surface area contributed by atoms with E-state index in [-0.39, 0.29) is 10.9 Å². The molecule has 5 heteroatoms. The minimum absolute atomic E-state index is 0.0251. The van der Waals surface area contributed by atoms with Crippen LogP contribution in [0.3, 0.4) is 0 Å². The third kappa shape index (κ3) is 5.41. The summed E-state index contributed by atoms with van der Waals surface area (Å²) in [4.78, 5) is 13.2. The Kier molecular flexibility index (Phi) is 5.99. The van der Waals surface area contributed by atoms with Gasteiger partial charge in [0.25, 0.3) is 0 Å². The van der Waals surface area contributed by atoms with Crippen LogP contribution < -0.4 is 0 Å². The number of aliphatic hydroxyl groups excluding tert-OH is 1. The second-order valence-corrected chi connectivity index (χ2v) is 4.81. The molecule has 19 heavy (non-hydrogen) atoms. The Labute approximate surface area is 117 Å². The molecule has 3 nitrogen and oxygen atoms in total. The second kappa shape index (κ2) is 7.26. The number of carbonyl (C=O) groups is 1. The molecular weight excluding hydrogens is 269 g/mol. The van der Waals surface area contributed by atoms with Crippen LogP contribution in [0.15, 0.2) is 24.3 Å². The van der Waals surface area contributed by atoms with Crippen LogP contribution in [0.4, 0.5) is 4.39 Å². The maximum Gasteiger partial charge on any atom is 0.246 e. The quantitative estimate of drug-likeness (QED) is 0.845. The molecule has 1 N–H and O–H groups in total. The van der Waals surface area contributed by atoms with Gasteiger partial charge in [0.2, 0.25) is 5.91 Å². The molecule has 0 saturated heterocycles. The van der Waals surface area contributed by atoms with Crippen LogP contribution in [0.5, 0.6) is 0 Å². The van der Waals surface area contributed by atoms with E-state index in [1.54, 1.807) is 26.1 Å². The number of hydrogen-bond acceptors (Lipinski definition) is 2. The van der Waals surface area contributed by atoms with Gasteiger partial charge in [0.1, 0.15) is 5.82 Å². The molecule has 0 heterocycles. The lowest BCUT2D eigenvalue weighted by Crippen LogP contribution is -2.27. The molecule has 0 aromatic heterocycles. The van der Waals surface area contributed by atoms with Gasteiger partial charge >= 0.3 is 0 Å². The number of rotatable bonds is 5. The smallest absolute Gasteiger partial charge is 0.246 e. The second-order valence-electron chi connectivity index (χ2n) is 4.40. The molecule has 1 aromatic carbocycles. The third-order valence-electron chi connectivity index (χ3n) is 2.62. The lowest BCUT2D eigenvalue weighted by Gasteiger charge is -2.15. The fourth-order valence-electron chi connectivity index (χ4n) is 1.40. The van der Waals surface area contributed by atoms with E-state index in [9.17, 15) is 9.18 Å². The highest BCUT2D eigenvalue weighted by atomic mass is 35.5. The summed E-state index contributed by atoms with van der Waals surface area (Å²) in [6, 6.07) is 4.25. The Morgan fingerprint density at radius 1 is 1.58 bits per heavy atom. The highest BCUT2D eigenvalue weighted by Crippen LogP contribution is 2.16. The van der Waals surface area contributed by atoms with Crippen molar-refractivity contribution in [2.24, 2.45) is 0 Å². The van der Waals surface area contributed by atoms with Crippen LogP contribution in [-0.4, -0.2) is 35.6 Å². The predicted molar refractivity (Wildman–Crippen MR) is 74.4 cm³/mol. The van der Waals surface area contributed by atoms with E-state index in [0.717, 1.165) is 0 Å². The van der Waals surface area contributed by atoms with Crippen LogP contribution in [0.25, 0.3) is 6.08 Å². The number of likely N-dealkylation sites (N-methyl/N-ethyl adjacent to an activating group) is 1. The first-order valence-electron chi connectivity index (χ1n) is 5.96. The zero-order valence-electron chi connectivity index (χ0n) is 10.9. The summed E-state index contributed by atoms with van der Waals surface area (Å²) >= 11 is 5.64. The summed E-state index contributed by atoms with van der Waals surface area (Å²) in [5, 5.41) is 9.17. The van der Waals surface area contributed by atoms with Crippen molar-refractivity contribution >= 4 is 23.6 Å². The third-order valence-corrected chi connectivity index (χ3v) is 2.91. The van der Waals surface area contributed by atoms with E-state index in [0.29, 0.717) is 18.5 Å². The van der Waals surface area contributed by atoms with E-state index >= 15 is 0 Å². The molecule has 1 rings (SSSR count). The maximum absolute atomic E-state index is 12.9. The number of carbonyl (C=O) groups excluding carboxylic acids is 1. The van der Waals surface area contributed by atoms with Crippen LogP contribution in [0.1, 0.15) is 18.9 Å². The number of hydrogen-bond donors (Lipinski definition) is 1. The molecule has 1 amide bonds.